The number of carbonyl (C=O) groups excluding carboxylic acids is 1. The highest BCUT2D eigenvalue weighted by atomic mass is 32.1. The minimum atomic E-state index is -0.477. The van der Waals surface area contributed by atoms with Crippen LogP contribution in [-0.2, 0) is 4.79 Å². The molecule has 0 spiro atoms. The van der Waals surface area contributed by atoms with Gasteiger partial charge in [0.1, 0.15) is 12.0 Å². The minimum Gasteiger partial charge on any atom is -0.353 e. The Morgan fingerprint density at radius 3 is 2.46 bits per heavy atom. The van der Waals surface area contributed by atoms with E-state index in [1.807, 2.05) is 4.90 Å². The topological polar surface area (TPSA) is 123 Å². The number of piperazine rings is 1. The van der Waals surface area contributed by atoms with Crippen LogP contribution < -0.4 is 4.90 Å². The second kappa shape index (κ2) is 8.13. The zero-order chi connectivity index (χ0) is 20.3. The minimum absolute atomic E-state index is 0.0340. The molecule has 3 rings (SSSR count). The number of thiophene rings is 1. The lowest BCUT2D eigenvalue weighted by molar-refractivity contribution is -0.385. The number of nitro groups is 2. The van der Waals surface area contributed by atoms with E-state index in [1.54, 1.807) is 24.0 Å². The number of aromatic nitrogens is 1. The zero-order valence-corrected chi connectivity index (χ0v) is 15.8. The highest BCUT2D eigenvalue weighted by Gasteiger charge is 2.22. The first kappa shape index (κ1) is 19.4. The van der Waals surface area contributed by atoms with Crippen molar-refractivity contribution < 1.29 is 14.6 Å². The Hall–Kier alpha value is -3.34. The molecule has 1 aliphatic heterocycles. The normalized spacial score (nSPS) is 14.5. The lowest BCUT2D eigenvalue weighted by atomic mass is 10.2. The van der Waals surface area contributed by atoms with Crippen LogP contribution in [0.1, 0.15) is 10.4 Å². The first-order valence-electron chi connectivity index (χ1n) is 8.42. The Kier molecular flexibility index (Phi) is 5.64. The summed E-state index contributed by atoms with van der Waals surface area (Å²) in [5, 5.41) is 21.6. The second-order valence-electron chi connectivity index (χ2n) is 6.17. The van der Waals surface area contributed by atoms with E-state index < -0.39 is 9.85 Å². The van der Waals surface area contributed by atoms with Crippen molar-refractivity contribution in [2.75, 3.05) is 31.1 Å². The number of aryl methyl sites for hydroxylation is 1. The van der Waals surface area contributed by atoms with Gasteiger partial charge in [0, 0.05) is 49.3 Å². The van der Waals surface area contributed by atoms with E-state index in [0.717, 1.165) is 11.3 Å². The van der Waals surface area contributed by atoms with Gasteiger partial charge in [0.25, 0.3) is 5.69 Å². The monoisotopic (exact) mass is 403 g/mol. The van der Waals surface area contributed by atoms with Gasteiger partial charge in [-0.25, -0.2) is 4.98 Å². The molecule has 11 heteroatoms. The predicted molar refractivity (Wildman–Crippen MR) is 104 cm³/mol. The third-order valence-corrected chi connectivity index (χ3v) is 5.32. The number of anilines is 1. The Morgan fingerprint density at radius 1 is 1.18 bits per heavy atom. The molecule has 0 unspecified atom stereocenters. The van der Waals surface area contributed by atoms with Gasteiger partial charge in [-0.05, 0) is 24.6 Å². The van der Waals surface area contributed by atoms with Gasteiger partial charge in [0.2, 0.25) is 5.91 Å². The summed E-state index contributed by atoms with van der Waals surface area (Å²) in [6.07, 6.45) is 4.23. The van der Waals surface area contributed by atoms with E-state index in [4.69, 9.17) is 0 Å². The average Bonchev–Trinajstić information content (AvgIpc) is 3.15. The fourth-order valence-corrected chi connectivity index (χ4v) is 3.64. The van der Waals surface area contributed by atoms with Crippen LogP contribution in [0.3, 0.4) is 0 Å². The van der Waals surface area contributed by atoms with Crippen LogP contribution in [-0.4, -0.2) is 51.8 Å². The Balaban J connectivity index is 1.58. The number of amides is 1. The highest BCUT2D eigenvalue weighted by molar-refractivity contribution is 7.16. The van der Waals surface area contributed by atoms with Crippen LogP contribution in [0.4, 0.5) is 16.5 Å². The lowest BCUT2D eigenvalue weighted by Gasteiger charge is -2.35. The number of pyridine rings is 1. The molecule has 2 aromatic rings. The van der Waals surface area contributed by atoms with E-state index in [9.17, 15) is 25.0 Å². The van der Waals surface area contributed by atoms with E-state index in [1.165, 1.54) is 24.4 Å². The van der Waals surface area contributed by atoms with Crippen molar-refractivity contribution >= 4 is 39.8 Å². The molecular formula is C17H17N5O5S. The first-order chi connectivity index (χ1) is 13.3. The summed E-state index contributed by atoms with van der Waals surface area (Å²) in [7, 11) is 0. The smallest absolute Gasteiger partial charge is 0.324 e. The Morgan fingerprint density at radius 2 is 1.89 bits per heavy atom. The van der Waals surface area contributed by atoms with Crippen molar-refractivity contribution in [1.29, 1.82) is 0 Å². The quantitative estimate of drug-likeness (QED) is 0.427. The van der Waals surface area contributed by atoms with E-state index in [0.29, 0.717) is 42.4 Å². The number of nitrogens with zero attached hydrogens (tertiary/aromatic N) is 5. The van der Waals surface area contributed by atoms with Gasteiger partial charge in [-0.15, -0.1) is 0 Å². The summed E-state index contributed by atoms with van der Waals surface area (Å²) in [6.45, 7) is 3.89. The number of carbonyl (C=O) groups is 1. The molecule has 1 aliphatic rings. The molecule has 10 nitrogen and oxygen atoms in total. The third kappa shape index (κ3) is 4.31. The SMILES string of the molecule is Cc1cc([N+](=O)[O-])cnc1N1CCN(C(=O)/C=C/c2ccc([N+](=O)[O-])s2)CC1. The van der Waals surface area contributed by atoms with Crippen molar-refractivity contribution in [2.24, 2.45) is 0 Å². The molecule has 1 amide bonds. The molecule has 1 fully saturated rings. The fourth-order valence-electron chi connectivity index (χ4n) is 2.91. The molecule has 0 N–H and O–H groups in total. The van der Waals surface area contributed by atoms with Gasteiger partial charge in [0.05, 0.1) is 9.85 Å². The summed E-state index contributed by atoms with van der Waals surface area (Å²) in [6, 6.07) is 4.50. The van der Waals surface area contributed by atoms with Crippen LogP contribution in [0.15, 0.2) is 30.5 Å². The van der Waals surface area contributed by atoms with Crippen LogP contribution in [0.25, 0.3) is 6.08 Å². The number of hydrogen-bond donors (Lipinski definition) is 0. The van der Waals surface area contributed by atoms with Crippen LogP contribution in [0.2, 0.25) is 0 Å². The maximum Gasteiger partial charge on any atom is 0.324 e. The molecule has 1 saturated heterocycles. The van der Waals surface area contributed by atoms with Gasteiger partial charge in [-0.1, -0.05) is 11.3 Å². The van der Waals surface area contributed by atoms with Crippen LogP contribution >= 0.6 is 11.3 Å². The average molecular weight is 403 g/mol. The van der Waals surface area contributed by atoms with Crippen molar-refractivity contribution in [3.05, 3.63) is 61.1 Å². The number of rotatable bonds is 5. The number of hydrogen-bond acceptors (Lipinski definition) is 8. The van der Waals surface area contributed by atoms with Crippen molar-refractivity contribution in [1.82, 2.24) is 9.88 Å². The van der Waals surface area contributed by atoms with Gasteiger partial charge >= 0.3 is 5.00 Å². The summed E-state index contributed by atoms with van der Waals surface area (Å²) >= 11 is 1.01. The molecule has 146 valence electrons. The Labute approximate surface area is 164 Å². The van der Waals surface area contributed by atoms with Crippen molar-refractivity contribution in [2.45, 2.75) is 6.92 Å². The summed E-state index contributed by atoms with van der Waals surface area (Å²) in [5.41, 5.74) is 0.669. The second-order valence-corrected chi connectivity index (χ2v) is 7.26. The van der Waals surface area contributed by atoms with Gasteiger partial charge in [0.15, 0.2) is 0 Å². The van der Waals surface area contributed by atoms with Crippen molar-refractivity contribution in [3.8, 4) is 0 Å². The molecule has 0 saturated carbocycles. The highest BCUT2D eigenvalue weighted by Crippen LogP contribution is 2.25. The zero-order valence-electron chi connectivity index (χ0n) is 15.0. The third-order valence-electron chi connectivity index (χ3n) is 4.32. The van der Waals surface area contributed by atoms with Gasteiger partial charge < -0.3 is 9.80 Å². The molecule has 0 aliphatic carbocycles. The molecule has 28 heavy (non-hydrogen) atoms. The van der Waals surface area contributed by atoms with Crippen molar-refractivity contribution in [3.63, 3.8) is 0 Å². The molecule has 0 aromatic carbocycles. The Bertz CT molecular complexity index is 949. The van der Waals surface area contributed by atoms with E-state index in [2.05, 4.69) is 4.98 Å². The van der Waals surface area contributed by atoms with Crippen LogP contribution in [0, 0.1) is 27.2 Å². The molecule has 3 heterocycles. The maximum atomic E-state index is 12.3. The predicted octanol–water partition coefficient (Wildman–Crippen LogP) is 2.63. The van der Waals surface area contributed by atoms with Gasteiger partial charge in [-0.2, -0.15) is 0 Å². The molecule has 0 atom stereocenters. The van der Waals surface area contributed by atoms with Gasteiger partial charge in [-0.3, -0.25) is 25.0 Å². The van der Waals surface area contributed by atoms with Crippen LogP contribution in [0.5, 0.6) is 0 Å². The summed E-state index contributed by atoms with van der Waals surface area (Å²) in [5.74, 6) is 0.517. The first-order valence-corrected chi connectivity index (χ1v) is 9.24. The molecule has 0 bridgehead atoms. The molecular weight excluding hydrogens is 386 g/mol. The molecule has 2 aromatic heterocycles. The fraction of sp³-hybridized carbons (Fsp3) is 0.294. The lowest BCUT2D eigenvalue weighted by Crippen LogP contribution is -2.48. The standard InChI is InChI=1S/C17H17N5O5S/c1-12-10-13(21(24)25)11-18-17(12)20-8-6-19(7-9-20)15(23)4-2-14-3-5-16(28-14)22(26)27/h2-5,10-11H,6-9H2,1H3/b4-2+. The molecule has 0 radical (unpaired) electrons. The maximum absolute atomic E-state index is 12.3. The van der Waals surface area contributed by atoms with E-state index in [-0.39, 0.29) is 16.6 Å². The summed E-state index contributed by atoms with van der Waals surface area (Å²) in [4.78, 5) is 41.5. The largest absolute Gasteiger partial charge is 0.353 e. The summed E-state index contributed by atoms with van der Waals surface area (Å²) < 4.78 is 0. The van der Waals surface area contributed by atoms with E-state index >= 15 is 0 Å².